The Morgan fingerprint density at radius 1 is 1.13 bits per heavy atom. The zero-order chi connectivity index (χ0) is 17.2. The Labute approximate surface area is 128 Å². The van der Waals surface area contributed by atoms with Crippen LogP contribution in [0.1, 0.15) is 34.6 Å². The summed E-state index contributed by atoms with van der Waals surface area (Å²) in [5.41, 5.74) is -0.868. The van der Waals surface area contributed by atoms with Gasteiger partial charge in [0.2, 0.25) is 0 Å². The average Bonchev–Trinajstić information content (AvgIpc) is 2.49. The van der Waals surface area contributed by atoms with Gasteiger partial charge in [-0.1, -0.05) is 6.07 Å². The van der Waals surface area contributed by atoms with Gasteiger partial charge in [0, 0.05) is 6.20 Å². The molecule has 0 saturated heterocycles. The highest BCUT2D eigenvalue weighted by Crippen LogP contribution is 2.27. The molecule has 3 nitrogen and oxygen atoms in total. The number of hydrogen-bond donors (Lipinski definition) is 1. The van der Waals surface area contributed by atoms with Gasteiger partial charge in [-0.2, -0.15) is 13.2 Å². The number of pyridine rings is 1. The van der Waals surface area contributed by atoms with E-state index in [0.717, 1.165) is 24.4 Å². The van der Waals surface area contributed by atoms with E-state index in [1.807, 2.05) is 0 Å². The molecule has 1 amide bonds. The summed E-state index contributed by atoms with van der Waals surface area (Å²) in [5.74, 6) is -2.75. The summed E-state index contributed by atoms with van der Waals surface area (Å²) in [6, 6.07) is 4.17. The van der Waals surface area contributed by atoms with E-state index in [1.165, 1.54) is 13.0 Å². The fourth-order valence-electron chi connectivity index (χ4n) is 1.84. The lowest BCUT2D eigenvalue weighted by Crippen LogP contribution is -2.27. The van der Waals surface area contributed by atoms with Crippen LogP contribution in [0.15, 0.2) is 36.5 Å². The Kier molecular flexibility index (Phi) is 4.63. The van der Waals surface area contributed by atoms with Gasteiger partial charge >= 0.3 is 6.18 Å². The van der Waals surface area contributed by atoms with E-state index in [4.69, 9.17) is 0 Å². The third-order valence-corrected chi connectivity index (χ3v) is 3.11. The molecule has 0 aliphatic rings. The van der Waals surface area contributed by atoms with Crippen LogP contribution in [0.3, 0.4) is 0 Å². The van der Waals surface area contributed by atoms with Crippen molar-refractivity contribution in [3.63, 3.8) is 0 Å². The van der Waals surface area contributed by atoms with Gasteiger partial charge < -0.3 is 5.32 Å². The van der Waals surface area contributed by atoms with Crippen molar-refractivity contribution in [1.82, 2.24) is 10.3 Å². The fourth-order valence-corrected chi connectivity index (χ4v) is 1.84. The number of carbonyl (C=O) groups excluding carboxylic acids is 1. The van der Waals surface area contributed by atoms with Gasteiger partial charge in [-0.15, -0.1) is 0 Å². The fraction of sp³-hybridized carbons (Fsp3) is 0.200. The Bertz CT molecular complexity index is 713. The van der Waals surface area contributed by atoms with Crippen LogP contribution < -0.4 is 5.32 Å². The van der Waals surface area contributed by atoms with Gasteiger partial charge in [0.05, 0.1) is 11.6 Å². The number of nitrogens with one attached hydrogen (secondary N) is 1. The first-order chi connectivity index (χ1) is 10.7. The van der Waals surface area contributed by atoms with Crippen LogP contribution >= 0.6 is 0 Å². The normalized spacial score (nSPS) is 12.8. The van der Waals surface area contributed by atoms with E-state index < -0.39 is 35.5 Å². The van der Waals surface area contributed by atoms with Crippen LogP contribution in [0.25, 0.3) is 0 Å². The molecule has 1 heterocycles. The van der Waals surface area contributed by atoms with Crippen molar-refractivity contribution in [3.05, 3.63) is 65.0 Å². The van der Waals surface area contributed by atoms with Gasteiger partial charge in [-0.25, -0.2) is 8.78 Å². The highest BCUT2D eigenvalue weighted by atomic mass is 19.4. The molecule has 1 aromatic heterocycles. The van der Waals surface area contributed by atoms with Gasteiger partial charge in [-0.05, 0) is 36.8 Å². The topological polar surface area (TPSA) is 42.0 Å². The standard InChI is InChI=1S/C15H11F5N2O/c1-8(9-2-4-11(16)12(17)6-9)22-14(23)10-3-5-13(21-7-10)15(18,19)20/h2-8H,1H3,(H,22,23)/t8-/m1/s1. The number of amides is 1. The highest BCUT2D eigenvalue weighted by Gasteiger charge is 2.32. The largest absolute Gasteiger partial charge is 0.433 e. The predicted octanol–water partition coefficient (Wildman–Crippen LogP) is 3.87. The summed E-state index contributed by atoms with van der Waals surface area (Å²) in [4.78, 5) is 15.1. The predicted molar refractivity (Wildman–Crippen MR) is 71.5 cm³/mol. The summed E-state index contributed by atoms with van der Waals surface area (Å²) in [6.07, 6.45) is -3.79. The summed E-state index contributed by atoms with van der Waals surface area (Å²) in [5, 5.41) is 2.47. The lowest BCUT2D eigenvalue weighted by atomic mass is 10.1. The van der Waals surface area contributed by atoms with Crippen molar-refractivity contribution in [3.8, 4) is 0 Å². The van der Waals surface area contributed by atoms with Crippen molar-refractivity contribution in [2.75, 3.05) is 0 Å². The molecule has 23 heavy (non-hydrogen) atoms. The third-order valence-electron chi connectivity index (χ3n) is 3.11. The lowest BCUT2D eigenvalue weighted by Gasteiger charge is -2.15. The number of hydrogen-bond acceptors (Lipinski definition) is 2. The molecule has 122 valence electrons. The van der Waals surface area contributed by atoms with E-state index in [-0.39, 0.29) is 5.56 Å². The first-order valence-electron chi connectivity index (χ1n) is 6.47. The van der Waals surface area contributed by atoms with Crippen LogP contribution in [0.2, 0.25) is 0 Å². The summed E-state index contributed by atoms with van der Waals surface area (Å²) in [6.45, 7) is 1.53. The summed E-state index contributed by atoms with van der Waals surface area (Å²) >= 11 is 0. The highest BCUT2D eigenvalue weighted by molar-refractivity contribution is 5.94. The molecule has 0 bridgehead atoms. The average molecular weight is 330 g/mol. The monoisotopic (exact) mass is 330 g/mol. The first-order valence-corrected chi connectivity index (χ1v) is 6.47. The Balaban J connectivity index is 2.10. The van der Waals surface area contributed by atoms with E-state index in [2.05, 4.69) is 10.3 Å². The zero-order valence-electron chi connectivity index (χ0n) is 11.8. The minimum Gasteiger partial charge on any atom is -0.345 e. The minimum absolute atomic E-state index is 0.0765. The maximum absolute atomic E-state index is 13.2. The van der Waals surface area contributed by atoms with Crippen LogP contribution in [0.5, 0.6) is 0 Å². The maximum Gasteiger partial charge on any atom is 0.433 e. The van der Waals surface area contributed by atoms with Gasteiger partial charge in [-0.3, -0.25) is 9.78 Å². The van der Waals surface area contributed by atoms with Gasteiger partial charge in [0.25, 0.3) is 5.91 Å². The molecule has 1 aromatic carbocycles. The SMILES string of the molecule is C[C@@H](NC(=O)c1ccc(C(F)(F)F)nc1)c1ccc(F)c(F)c1. The van der Waals surface area contributed by atoms with Crippen molar-refractivity contribution in [2.24, 2.45) is 0 Å². The van der Waals surface area contributed by atoms with E-state index in [1.54, 1.807) is 0 Å². The number of carbonyl (C=O) groups is 1. The molecule has 0 radical (unpaired) electrons. The second-order valence-electron chi connectivity index (χ2n) is 4.80. The number of rotatable bonds is 3. The number of alkyl halides is 3. The molecule has 0 unspecified atom stereocenters. The molecule has 2 aromatic rings. The van der Waals surface area contributed by atoms with Crippen LogP contribution in [0.4, 0.5) is 22.0 Å². The van der Waals surface area contributed by atoms with Crippen LogP contribution in [0, 0.1) is 11.6 Å². The molecule has 0 fully saturated rings. The Hall–Kier alpha value is -2.51. The first kappa shape index (κ1) is 16.9. The molecule has 2 rings (SSSR count). The van der Waals surface area contributed by atoms with Crippen LogP contribution in [-0.2, 0) is 6.18 Å². The number of nitrogens with zero attached hydrogens (tertiary/aromatic N) is 1. The molecule has 0 aliphatic carbocycles. The molecule has 0 spiro atoms. The van der Waals surface area contributed by atoms with Crippen molar-refractivity contribution >= 4 is 5.91 Å². The lowest BCUT2D eigenvalue weighted by molar-refractivity contribution is -0.141. The number of halogens is 5. The maximum atomic E-state index is 13.2. The molecule has 0 aliphatic heterocycles. The molecule has 0 saturated carbocycles. The van der Waals surface area contributed by atoms with E-state index >= 15 is 0 Å². The number of aromatic nitrogens is 1. The van der Waals surface area contributed by atoms with Gasteiger partial charge in [0.1, 0.15) is 5.69 Å². The molecule has 1 atom stereocenters. The number of benzene rings is 1. The summed E-state index contributed by atoms with van der Waals surface area (Å²) < 4.78 is 63.2. The van der Waals surface area contributed by atoms with E-state index in [0.29, 0.717) is 11.6 Å². The summed E-state index contributed by atoms with van der Waals surface area (Å²) in [7, 11) is 0. The third kappa shape index (κ3) is 4.02. The second-order valence-corrected chi connectivity index (χ2v) is 4.80. The van der Waals surface area contributed by atoms with Crippen molar-refractivity contribution in [2.45, 2.75) is 19.1 Å². The smallest absolute Gasteiger partial charge is 0.345 e. The molecule has 1 N–H and O–H groups in total. The minimum atomic E-state index is -4.59. The Morgan fingerprint density at radius 3 is 2.35 bits per heavy atom. The van der Waals surface area contributed by atoms with Crippen molar-refractivity contribution < 1.29 is 26.7 Å². The van der Waals surface area contributed by atoms with Crippen LogP contribution in [-0.4, -0.2) is 10.9 Å². The quantitative estimate of drug-likeness (QED) is 0.868. The van der Waals surface area contributed by atoms with Crippen molar-refractivity contribution in [1.29, 1.82) is 0 Å². The molecule has 8 heteroatoms. The van der Waals surface area contributed by atoms with Gasteiger partial charge in [0.15, 0.2) is 11.6 Å². The zero-order valence-corrected chi connectivity index (χ0v) is 11.8. The molecular weight excluding hydrogens is 319 g/mol. The Morgan fingerprint density at radius 2 is 1.83 bits per heavy atom. The second kappa shape index (κ2) is 6.31. The molecular formula is C15H11F5N2O. The van der Waals surface area contributed by atoms with E-state index in [9.17, 15) is 26.7 Å².